The van der Waals surface area contributed by atoms with Crippen LogP contribution in [-0.4, -0.2) is 52.6 Å². The van der Waals surface area contributed by atoms with Crippen LogP contribution < -0.4 is 4.90 Å². The van der Waals surface area contributed by atoms with E-state index in [1.54, 1.807) is 11.0 Å². The fraction of sp³-hybridized carbons (Fsp3) is 0.529. The van der Waals surface area contributed by atoms with E-state index in [1.165, 1.54) is 6.33 Å². The summed E-state index contributed by atoms with van der Waals surface area (Å²) in [5, 5.41) is 12.9. The van der Waals surface area contributed by atoms with Crippen molar-refractivity contribution in [1.82, 2.24) is 39.5 Å². The van der Waals surface area contributed by atoms with Crippen molar-refractivity contribution in [2.75, 3.05) is 18.0 Å². The van der Waals surface area contributed by atoms with Crippen molar-refractivity contribution in [1.29, 1.82) is 0 Å². The van der Waals surface area contributed by atoms with Gasteiger partial charge in [-0.15, -0.1) is 10.2 Å². The largest absolute Gasteiger partial charge is 0.341 e. The molecule has 1 aliphatic heterocycles. The molecule has 0 saturated carbocycles. The van der Waals surface area contributed by atoms with Gasteiger partial charge in [-0.3, -0.25) is 0 Å². The first-order valence-electron chi connectivity index (χ1n) is 8.88. The molecule has 0 spiro atoms. The molecular formula is C17H23N9. The lowest BCUT2D eigenvalue weighted by Crippen LogP contribution is -2.35. The van der Waals surface area contributed by atoms with Crippen molar-refractivity contribution in [3.05, 3.63) is 41.8 Å². The number of rotatable bonds is 4. The summed E-state index contributed by atoms with van der Waals surface area (Å²) in [5.74, 6) is 3.18. The zero-order valence-corrected chi connectivity index (χ0v) is 15.4. The van der Waals surface area contributed by atoms with Gasteiger partial charge in [0, 0.05) is 37.4 Å². The van der Waals surface area contributed by atoms with E-state index >= 15 is 0 Å². The van der Waals surface area contributed by atoms with Crippen LogP contribution in [0.5, 0.6) is 0 Å². The number of aromatic nitrogens is 8. The highest BCUT2D eigenvalue weighted by Gasteiger charge is 2.26. The van der Waals surface area contributed by atoms with Crippen LogP contribution in [0.3, 0.4) is 0 Å². The number of aryl methyl sites for hydroxylation is 2. The summed E-state index contributed by atoms with van der Waals surface area (Å²) in [6, 6.07) is 2.01. The first-order valence-corrected chi connectivity index (χ1v) is 8.88. The van der Waals surface area contributed by atoms with Crippen molar-refractivity contribution < 1.29 is 0 Å². The van der Waals surface area contributed by atoms with Gasteiger partial charge in [-0.05, 0) is 32.8 Å². The highest BCUT2D eigenvalue weighted by molar-refractivity contribution is 5.33. The Bertz CT molecular complexity index is 856. The first kappa shape index (κ1) is 16.6. The van der Waals surface area contributed by atoms with Gasteiger partial charge in [0.1, 0.15) is 25.0 Å². The molecule has 0 amide bonds. The maximum Gasteiger partial charge on any atom is 0.225 e. The molecular weight excluding hydrogens is 330 g/mol. The Labute approximate surface area is 152 Å². The molecule has 0 aliphatic carbocycles. The second kappa shape index (κ2) is 6.81. The minimum absolute atomic E-state index is 0.402. The molecule has 3 aromatic heterocycles. The summed E-state index contributed by atoms with van der Waals surface area (Å²) in [4.78, 5) is 15.4. The van der Waals surface area contributed by atoms with Crippen LogP contribution in [0.25, 0.3) is 0 Å². The van der Waals surface area contributed by atoms with E-state index in [-0.39, 0.29) is 0 Å². The molecule has 0 aromatic carbocycles. The smallest absolute Gasteiger partial charge is 0.225 e. The second-order valence-electron chi connectivity index (χ2n) is 6.84. The van der Waals surface area contributed by atoms with E-state index < -0.39 is 0 Å². The van der Waals surface area contributed by atoms with Crippen LogP contribution in [0.2, 0.25) is 0 Å². The molecule has 1 aliphatic rings. The molecule has 0 atom stereocenters. The minimum Gasteiger partial charge on any atom is -0.341 e. The molecule has 9 nitrogen and oxygen atoms in total. The summed E-state index contributed by atoms with van der Waals surface area (Å²) < 4.78 is 3.85. The van der Waals surface area contributed by atoms with Crippen LogP contribution in [0, 0.1) is 13.8 Å². The third kappa shape index (κ3) is 3.29. The second-order valence-corrected chi connectivity index (χ2v) is 6.84. The van der Waals surface area contributed by atoms with Gasteiger partial charge < -0.3 is 9.47 Å². The van der Waals surface area contributed by atoms with Gasteiger partial charge >= 0.3 is 0 Å². The van der Waals surface area contributed by atoms with Crippen LogP contribution >= 0.6 is 0 Å². The minimum atomic E-state index is 0.402. The monoisotopic (exact) mass is 353 g/mol. The summed E-state index contributed by atoms with van der Waals surface area (Å²) in [5.41, 5.74) is 2.03. The summed E-state index contributed by atoms with van der Waals surface area (Å²) >= 11 is 0. The predicted molar refractivity (Wildman–Crippen MR) is 95.8 cm³/mol. The normalized spacial score (nSPS) is 15.6. The Morgan fingerprint density at radius 3 is 2.46 bits per heavy atom. The molecule has 0 N–H and O–H groups in total. The molecule has 0 bridgehead atoms. The maximum atomic E-state index is 4.58. The average molecular weight is 353 g/mol. The van der Waals surface area contributed by atoms with Gasteiger partial charge in [0.05, 0.1) is 0 Å². The zero-order chi connectivity index (χ0) is 18.1. The van der Waals surface area contributed by atoms with Crippen LogP contribution in [0.1, 0.15) is 41.8 Å². The van der Waals surface area contributed by atoms with Gasteiger partial charge in [0.15, 0.2) is 5.82 Å². The van der Waals surface area contributed by atoms with E-state index in [2.05, 4.69) is 39.7 Å². The number of hydrogen-bond acceptors (Lipinski definition) is 7. The van der Waals surface area contributed by atoms with Crippen LogP contribution in [0.4, 0.5) is 5.95 Å². The Morgan fingerprint density at radius 1 is 1.08 bits per heavy atom. The molecule has 0 unspecified atom stereocenters. The molecule has 3 aromatic rings. The van der Waals surface area contributed by atoms with Crippen LogP contribution in [0.15, 0.2) is 18.7 Å². The molecule has 4 heterocycles. The number of anilines is 1. The molecule has 1 saturated heterocycles. The van der Waals surface area contributed by atoms with Gasteiger partial charge in [-0.1, -0.05) is 0 Å². The lowest BCUT2D eigenvalue weighted by Gasteiger charge is -2.31. The lowest BCUT2D eigenvalue weighted by atomic mass is 9.96. The Kier molecular flexibility index (Phi) is 4.36. The van der Waals surface area contributed by atoms with Crippen molar-refractivity contribution >= 4 is 5.95 Å². The highest BCUT2D eigenvalue weighted by Crippen LogP contribution is 2.28. The zero-order valence-electron chi connectivity index (χ0n) is 15.4. The maximum absolute atomic E-state index is 4.58. The Hall–Kier alpha value is -2.84. The third-order valence-electron chi connectivity index (χ3n) is 4.88. The third-order valence-corrected chi connectivity index (χ3v) is 4.88. The van der Waals surface area contributed by atoms with Crippen molar-refractivity contribution in [2.24, 2.45) is 7.05 Å². The molecule has 136 valence electrons. The van der Waals surface area contributed by atoms with E-state index in [4.69, 9.17) is 0 Å². The van der Waals surface area contributed by atoms with E-state index in [0.29, 0.717) is 12.5 Å². The Morgan fingerprint density at radius 2 is 1.81 bits per heavy atom. The van der Waals surface area contributed by atoms with Gasteiger partial charge in [0.2, 0.25) is 5.95 Å². The van der Waals surface area contributed by atoms with E-state index in [1.807, 2.05) is 27.0 Å². The Balaban J connectivity index is 1.44. The number of hydrogen-bond donors (Lipinski definition) is 0. The fourth-order valence-corrected chi connectivity index (χ4v) is 3.51. The van der Waals surface area contributed by atoms with Gasteiger partial charge in [0.25, 0.3) is 0 Å². The number of nitrogens with zero attached hydrogens (tertiary/aromatic N) is 9. The van der Waals surface area contributed by atoms with Gasteiger partial charge in [-0.2, -0.15) is 5.10 Å². The van der Waals surface area contributed by atoms with Crippen molar-refractivity contribution in [2.45, 2.75) is 39.2 Å². The van der Waals surface area contributed by atoms with Crippen molar-refractivity contribution in [3.63, 3.8) is 0 Å². The van der Waals surface area contributed by atoms with Crippen molar-refractivity contribution in [3.8, 4) is 0 Å². The predicted octanol–water partition coefficient (Wildman–Crippen LogP) is 1.25. The molecule has 4 rings (SSSR count). The highest BCUT2D eigenvalue weighted by atomic mass is 15.4. The quantitative estimate of drug-likeness (QED) is 0.697. The van der Waals surface area contributed by atoms with E-state index in [9.17, 15) is 0 Å². The van der Waals surface area contributed by atoms with Gasteiger partial charge in [-0.25, -0.2) is 19.6 Å². The molecule has 1 fully saturated rings. The lowest BCUT2D eigenvalue weighted by molar-refractivity contribution is 0.467. The SMILES string of the molecule is Cc1cc(C)nc(N2CCC(c3nnc(Cn4cncn4)n3C)CC2)n1. The van der Waals surface area contributed by atoms with E-state index in [0.717, 1.165) is 54.9 Å². The van der Waals surface area contributed by atoms with Crippen LogP contribution in [-0.2, 0) is 13.6 Å². The number of piperidine rings is 1. The summed E-state index contributed by atoms with van der Waals surface area (Å²) in [7, 11) is 2.03. The summed E-state index contributed by atoms with van der Waals surface area (Å²) in [6.07, 6.45) is 5.26. The molecule has 0 radical (unpaired) electrons. The topological polar surface area (TPSA) is 90.4 Å². The molecule has 26 heavy (non-hydrogen) atoms. The molecule has 9 heteroatoms. The standard InChI is InChI=1S/C17H23N9/c1-12-8-13(2)21-17(20-12)25-6-4-14(5-7-25)16-23-22-15(24(16)3)9-26-11-18-10-19-26/h8,10-11,14H,4-7,9H2,1-3H3. The summed E-state index contributed by atoms with van der Waals surface area (Å²) in [6.45, 7) is 6.47. The average Bonchev–Trinajstić information content (AvgIpc) is 3.25. The first-order chi connectivity index (χ1) is 12.6. The fourth-order valence-electron chi connectivity index (χ4n) is 3.51.